The molecule has 0 unspecified atom stereocenters. The van der Waals surface area contributed by atoms with Crippen LogP contribution in [-0.4, -0.2) is 10.9 Å². The summed E-state index contributed by atoms with van der Waals surface area (Å²) in [5.41, 5.74) is 0.673. The second-order valence-electron chi connectivity index (χ2n) is 3.47. The number of nitrogens with zero attached hydrogens (tertiary/aromatic N) is 1. The van der Waals surface area contributed by atoms with E-state index in [1.165, 1.54) is 18.3 Å². The molecule has 0 bridgehead atoms. The fourth-order valence-electron chi connectivity index (χ4n) is 1.32. The molecule has 0 saturated carbocycles. The summed E-state index contributed by atoms with van der Waals surface area (Å²) < 4.78 is 13.6. The first-order valence-corrected chi connectivity index (χ1v) is 6.10. The van der Waals surface area contributed by atoms with Crippen LogP contribution in [0.1, 0.15) is 10.4 Å². The minimum Gasteiger partial charge on any atom is -0.320 e. The van der Waals surface area contributed by atoms with Crippen LogP contribution in [0.4, 0.5) is 10.1 Å². The molecule has 92 valence electrons. The van der Waals surface area contributed by atoms with Gasteiger partial charge in [0.05, 0.1) is 23.1 Å². The molecule has 0 fully saturated rings. The van der Waals surface area contributed by atoms with E-state index in [1.54, 1.807) is 12.1 Å². The number of pyridine rings is 1. The zero-order chi connectivity index (χ0) is 13.1. The van der Waals surface area contributed by atoms with Crippen molar-refractivity contribution in [1.29, 1.82) is 0 Å². The molecule has 1 amide bonds. The van der Waals surface area contributed by atoms with Gasteiger partial charge in [-0.1, -0.05) is 11.6 Å². The van der Waals surface area contributed by atoms with Crippen LogP contribution in [0.3, 0.4) is 0 Å². The third-order valence-electron chi connectivity index (χ3n) is 2.14. The molecule has 0 spiro atoms. The van der Waals surface area contributed by atoms with Crippen molar-refractivity contribution in [2.75, 3.05) is 5.32 Å². The highest BCUT2D eigenvalue weighted by molar-refractivity contribution is 9.10. The molecule has 1 aromatic carbocycles. The maximum atomic E-state index is 12.9. The monoisotopic (exact) mass is 328 g/mol. The summed E-state index contributed by atoms with van der Waals surface area (Å²) in [6.07, 6.45) is 2.42. The summed E-state index contributed by atoms with van der Waals surface area (Å²) >= 11 is 9.12. The van der Waals surface area contributed by atoms with Gasteiger partial charge in [-0.25, -0.2) is 4.39 Å². The minimum absolute atomic E-state index is 0.291. The quantitative estimate of drug-likeness (QED) is 0.908. The predicted molar refractivity (Wildman–Crippen MR) is 71.3 cm³/mol. The molecular formula is C12H7BrClFN2O. The summed E-state index contributed by atoms with van der Waals surface area (Å²) in [6.45, 7) is 0. The average molecular weight is 330 g/mol. The van der Waals surface area contributed by atoms with Crippen LogP contribution < -0.4 is 5.32 Å². The van der Waals surface area contributed by atoms with E-state index in [1.807, 2.05) is 0 Å². The zero-order valence-electron chi connectivity index (χ0n) is 8.95. The Balaban J connectivity index is 2.19. The number of amides is 1. The summed E-state index contributed by atoms with van der Waals surface area (Å²) in [4.78, 5) is 15.5. The lowest BCUT2D eigenvalue weighted by atomic mass is 10.2. The Kier molecular flexibility index (Phi) is 3.93. The highest BCUT2D eigenvalue weighted by Gasteiger charge is 2.08. The molecule has 0 atom stereocenters. The number of benzene rings is 1. The second kappa shape index (κ2) is 5.46. The first-order chi connectivity index (χ1) is 8.56. The van der Waals surface area contributed by atoms with Crippen LogP contribution in [0.5, 0.6) is 0 Å². The van der Waals surface area contributed by atoms with Crippen molar-refractivity contribution in [3.8, 4) is 0 Å². The topological polar surface area (TPSA) is 42.0 Å². The van der Waals surface area contributed by atoms with Gasteiger partial charge in [-0.15, -0.1) is 0 Å². The number of aromatic nitrogens is 1. The van der Waals surface area contributed by atoms with Crippen LogP contribution in [0.2, 0.25) is 5.02 Å². The smallest absolute Gasteiger partial charge is 0.255 e. The molecule has 0 saturated heterocycles. The normalized spacial score (nSPS) is 10.2. The van der Waals surface area contributed by atoms with E-state index in [0.717, 1.165) is 6.20 Å². The van der Waals surface area contributed by atoms with E-state index in [-0.39, 0.29) is 5.91 Å². The first-order valence-electron chi connectivity index (χ1n) is 4.93. The van der Waals surface area contributed by atoms with Crippen molar-refractivity contribution >= 4 is 39.1 Å². The molecule has 2 rings (SSSR count). The van der Waals surface area contributed by atoms with E-state index in [2.05, 4.69) is 26.2 Å². The number of carbonyl (C=O) groups is 1. The number of rotatable bonds is 2. The Hall–Kier alpha value is -1.46. The zero-order valence-corrected chi connectivity index (χ0v) is 11.3. The standard InChI is InChI=1S/C12H7BrClFN2O/c13-10-2-1-7(3-11(10)14)12(18)17-9-4-8(15)5-16-6-9/h1-6H,(H,17,18). The lowest BCUT2D eigenvalue weighted by Gasteiger charge is -2.05. The van der Waals surface area contributed by atoms with Gasteiger partial charge < -0.3 is 5.32 Å². The predicted octanol–water partition coefficient (Wildman–Crippen LogP) is 3.89. The maximum absolute atomic E-state index is 12.9. The average Bonchev–Trinajstić information content (AvgIpc) is 2.32. The van der Waals surface area contributed by atoms with E-state index in [4.69, 9.17) is 11.6 Å². The van der Waals surface area contributed by atoms with Gasteiger partial charge in [0, 0.05) is 16.1 Å². The molecule has 0 aliphatic carbocycles. The molecular weight excluding hydrogens is 323 g/mol. The number of nitrogens with one attached hydrogen (secondary N) is 1. The van der Waals surface area contributed by atoms with Crippen LogP contribution in [0.15, 0.2) is 41.1 Å². The lowest BCUT2D eigenvalue weighted by molar-refractivity contribution is 0.102. The Bertz CT molecular complexity index is 606. The maximum Gasteiger partial charge on any atom is 0.255 e. The van der Waals surface area contributed by atoms with Crippen LogP contribution >= 0.6 is 27.5 Å². The molecule has 0 aliphatic rings. The molecule has 1 heterocycles. The summed E-state index contributed by atoms with van der Waals surface area (Å²) in [5.74, 6) is -0.890. The molecule has 1 aromatic heterocycles. The molecule has 6 heteroatoms. The Morgan fingerprint density at radius 1 is 1.33 bits per heavy atom. The van der Waals surface area contributed by atoms with E-state index in [9.17, 15) is 9.18 Å². The summed E-state index contributed by atoms with van der Waals surface area (Å²) in [5, 5.41) is 2.96. The first kappa shape index (κ1) is 13.0. The van der Waals surface area contributed by atoms with Gasteiger partial charge in [0.25, 0.3) is 5.91 Å². The van der Waals surface area contributed by atoms with Gasteiger partial charge in [0.1, 0.15) is 5.82 Å². The highest BCUT2D eigenvalue weighted by Crippen LogP contribution is 2.23. The molecule has 3 nitrogen and oxygen atoms in total. The van der Waals surface area contributed by atoms with Gasteiger partial charge >= 0.3 is 0 Å². The van der Waals surface area contributed by atoms with Gasteiger partial charge in [-0.2, -0.15) is 0 Å². The van der Waals surface area contributed by atoms with Gasteiger partial charge in [-0.3, -0.25) is 9.78 Å². The van der Waals surface area contributed by atoms with Crippen molar-refractivity contribution in [3.63, 3.8) is 0 Å². The van der Waals surface area contributed by atoms with E-state index >= 15 is 0 Å². The largest absolute Gasteiger partial charge is 0.320 e. The Morgan fingerprint density at radius 2 is 2.11 bits per heavy atom. The van der Waals surface area contributed by atoms with Crippen LogP contribution in [0.25, 0.3) is 0 Å². The molecule has 18 heavy (non-hydrogen) atoms. The second-order valence-corrected chi connectivity index (χ2v) is 4.74. The van der Waals surface area contributed by atoms with Gasteiger partial charge in [0.2, 0.25) is 0 Å². The van der Waals surface area contributed by atoms with Gasteiger partial charge in [0.15, 0.2) is 0 Å². The third-order valence-corrected chi connectivity index (χ3v) is 3.38. The summed E-state index contributed by atoms with van der Waals surface area (Å²) in [6, 6.07) is 5.98. The molecule has 0 aliphatic heterocycles. The number of hydrogen-bond acceptors (Lipinski definition) is 2. The van der Waals surface area contributed by atoms with Crippen molar-refractivity contribution in [2.24, 2.45) is 0 Å². The van der Waals surface area contributed by atoms with Crippen LogP contribution in [0, 0.1) is 5.82 Å². The highest BCUT2D eigenvalue weighted by atomic mass is 79.9. The SMILES string of the molecule is O=C(Nc1cncc(F)c1)c1ccc(Br)c(Cl)c1. The Morgan fingerprint density at radius 3 is 2.78 bits per heavy atom. The molecule has 1 N–H and O–H groups in total. The fourth-order valence-corrected chi connectivity index (χ4v) is 1.75. The minimum atomic E-state index is -0.512. The fraction of sp³-hybridized carbons (Fsp3) is 0. The van der Waals surface area contributed by atoms with Crippen molar-refractivity contribution < 1.29 is 9.18 Å². The summed E-state index contributed by atoms with van der Waals surface area (Å²) in [7, 11) is 0. The number of hydrogen-bond donors (Lipinski definition) is 1. The van der Waals surface area contributed by atoms with Crippen molar-refractivity contribution in [2.45, 2.75) is 0 Å². The van der Waals surface area contributed by atoms with E-state index in [0.29, 0.717) is 20.7 Å². The third kappa shape index (κ3) is 3.05. The number of halogens is 3. The van der Waals surface area contributed by atoms with Crippen molar-refractivity contribution in [3.05, 3.63) is 57.5 Å². The number of carbonyl (C=O) groups excluding carboxylic acids is 1. The van der Waals surface area contributed by atoms with Crippen LogP contribution in [-0.2, 0) is 0 Å². The number of anilines is 1. The molecule has 0 radical (unpaired) electrons. The molecule has 2 aromatic rings. The van der Waals surface area contributed by atoms with E-state index < -0.39 is 5.82 Å². The van der Waals surface area contributed by atoms with Crippen molar-refractivity contribution in [1.82, 2.24) is 4.98 Å². The Labute approximate surface area is 116 Å². The van der Waals surface area contributed by atoms with Gasteiger partial charge in [-0.05, 0) is 34.1 Å². The lowest BCUT2D eigenvalue weighted by Crippen LogP contribution is -2.12.